The third-order valence-corrected chi connectivity index (χ3v) is 2.98. The molecule has 0 amide bonds. The van der Waals surface area contributed by atoms with Crippen LogP contribution >= 0.6 is 0 Å². The second-order valence-corrected chi connectivity index (χ2v) is 3.99. The quantitative estimate of drug-likeness (QED) is 0.726. The number of aliphatic hydroxyl groups excluding tert-OH is 1. The van der Waals surface area contributed by atoms with Crippen LogP contribution in [0.25, 0.3) is 0 Å². The summed E-state index contributed by atoms with van der Waals surface area (Å²) in [5, 5.41) is 9.32. The highest BCUT2D eigenvalue weighted by atomic mass is 19.1. The maximum atomic E-state index is 14.4. The predicted molar refractivity (Wildman–Crippen MR) is 52.5 cm³/mol. The van der Waals surface area contributed by atoms with Crippen molar-refractivity contribution in [1.29, 1.82) is 0 Å². The van der Waals surface area contributed by atoms with Gasteiger partial charge in [-0.15, -0.1) is 0 Å². The van der Waals surface area contributed by atoms with Gasteiger partial charge in [0.1, 0.15) is 5.67 Å². The molecule has 0 aromatic heterocycles. The molecule has 14 heavy (non-hydrogen) atoms. The summed E-state index contributed by atoms with van der Waals surface area (Å²) in [5.74, 6) is 0. The maximum absolute atomic E-state index is 14.4. The summed E-state index contributed by atoms with van der Waals surface area (Å²) in [5.41, 5.74) is -0.503. The first-order valence-corrected chi connectivity index (χ1v) is 5.04. The van der Waals surface area contributed by atoms with E-state index in [2.05, 4.69) is 6.07 Å². The minimum absolute atomic E-state index is 0.311. The predicted octanol–water partition coefficient (Wildman–Crippen LogP) is 2.59. The second-order valence-electron chi connectivity index (χ2n) is 3.99. The SMILES string of the molecule is OC1CCC(F)(c2cc[c]cc2)CC1. The minimum atomic E-state index is -1.23. The fourth-order valence-electron chi connectivity index (χ4n) is 2.03. The Kier molecular flexibility index (Phi) is 2.55. The molecule has 1 fully saturated rings. The third-order valence-electron chi connectivity index (χ3n) is 2.98. The zero-order chi connectivity index (χ0) is 10.0. The molecule has 1 aliphatic rings. The van der Waals surface area contributed by atoms with Crippen LogP contribution < -0.4 is 0 Å². The van der Waals surface area contributed by atoms with Crippen LogP contribution in [-0.2, 0) is 5.67 Å². The van der Waals surface area contributed by atoms with Gasteiger partial charge in [0, 0.05) is 0 Å². The van der Waals surface area contributed by atoms with Crippen LogP contribution in [0.2, 0.25) is 0 Å². The van der Waals surface area contributed by atoms with Crippen molar-refractivity contribution in [2.45, 2.75) is 37.5 Å². The van der Waals surface area contributed by atoms with Crippen molar-refractivity contribution >= 4 is 0 Å². The van der Waals surface area contributed by atoms with Gasteiger partial charge in [0.25, 0.3) is 0 Å². The zero-order valence-corrected chi connectivity index (χ0v) is 8.04. The lowest BCUT2D eigenvalue weighted by Gasteiger charge is -2.32. The Hall–Kier alpha value is -0.890. The lowest BCUT2D eigenvalue weighted by molar-refractivity contribution is 0.0312. The molecule has 1 nitrogen and oxygen atoms in total. The summed E-state index contributed by atoms with van der Waals surface area (Å²) < 4.78 is 14.4. The first-order chi connectivity index (χ1) is 6.71. The van der Waals surface area contributed by atoms with Crippen LogP contribution in [0.3, 0.4) is 0 Å². The second kappa shape index (κ2) is 3.70. The van der Waals surface area contributed by atoms with Crippen molar-refractivity contribution in [2.24, 2.45) is 0 Å². The molecule has 0 bridgehead atoms. The maximum Gasteiger partial charge on any atom is 0.136 e. The van der Waals surface area contributed by atoms with E-state index in [0.717, 1.165) is 5.56 Å². The number of hydrogen-bond acceptors (Lipinski definition) is 1. The number of hydrogen-bond donors (Lipinski definition) is 1. The number of alkyl halides is 1. The lowest BCUT2D eigenvalue weighted by atomic mass is 9.80. The molecule has 2 heteroatoms. The average Bonchev–Trinajstić information content (AvgIpc) is 2.24. The monoisotopic (exact) mass is 193 g/mol. The molecule has 0 spiro atoms. The van der Waals surface area contributed by atoms with Crippen molar-refractivity contribution in [3.63, 3.8) is 0 Å². The van der Waals surface area contributed by atoms with Crippen LogP contribution in [0.5, 0.6) is 0 Å². The molecule has 1 aliphatic carbocycles. The zero-order valence-electron chi connectivity index (χ0n) is 8.04. The Morgan fingerprint density at radius 1 is 1.29 bits per heavy atom. The summed E-state index contributed by atoms with van der Waals surface area (Å²) in [6.45, 7) is 0. The largest absolute Gasteiger partial charge is 0.393 e. The van der Waals surface area contributed by atoms with Gasteiger partial charge in [0.2, 0.25) is 0 Å². The first-order valence-electron chi connectivity index (χ1n) is 5.04. The van der Waals surface area contributed by atoms with E-state index < -0.39 is 5.67 Å². The van der Waals surface area contributed by atoms with Gasteiger partial charge in [-0.05, 0) is 37.3 Å². The van der Waals surface area contributed by atoms with Gasteiger partial charge in [-0.2, -0.15) is 0 Å². The summed E-state index contributed by atoms with van der Waals surface area (Å²) in [4.78, 5) is 0. The normalized spacial score (nSPS) is 32.9. The third kappa shape index (κ3) is 1.80. The molecule has 1 radical (unpaired) electrons. The van der Waals surface area contributed by atoms with Gasteiger partial charge in [-0.25, -0.2) is 4.39 Å². The van der Waals surface area contributed by atoms with Gasteiger partial charge in [-0.3, -0.25) is 0 Å². The van der Waals surface area contributed by atoms with Gasteiger partial charge < -0.3 is 5.11 Å². The Labute approximate surface area is 83.6 Å². The molecule has 75 valence electrons. The summed E-state index contributed by atoms with van der Waals surface area (Å²) in [7, 11) is 0. The summed E-state index contributed by atoms with van der Waals surface area (Å²) >= 11 is 0. The molecule has 0 atom stereocenters. The standard InChI is InChI=1S/C12H14FO/c13-12(8-6-11(14)7-9-12)10-4-2-1-3-5-10/h2-5,11,14H,6-9H2. The molecule has 0 saturated heterocycles. The van der Waals surface area contributed by atoms with Crippen molar-refractivity contribution in [2.75, 3.05) is 0 Å². The Morgan fingerprint density at radius 3 is 2.43 bits per heavy atom. The van der Waals surface area contributed by atoms with Gasteiger partial charge in [0.15, 0.2) is 0 Å². The average molecular weight is 193 g/mol. The Morgan fingerprint density at radius 2 is 1.86 bits per heavy atom. The van der Waals surface area contributed by atoms with Crippen molar-refractivity contribution in [3.05, 3.63) is 35.9 Å². The molecular weight excluding hydrogens is 179 g/mol. The van der Waals surface area contributed by atoms with E-state index in [1.165, 1.54) is 0 Å². The van der Waals surface area contributed by atoms with Crippen molar-refractivity contribution < 1.29 is 9.50 Å². The molecule has 1 aromatic carbocycles. The highest BCUT2D eigenvalue weighted by molar-refractivity contribution is 5.22. The van der Waals surface area contributed by atoms with Crippen LogP contribution in [-0.4, -0.2) is 11.2 Å². The summed E-state index contributed by atoms with van der Waals surface area (Å²) in [6, 6.07) is 9.91. The fraction of sp³-hybridized carbons (Fsp3) is 0.500. The van der Waals surface area contributed by atoms with Crippen LogP contribution in [0, 0.1) is 6.07 Å². The molecule has 1 N–H and O–H groups in total. The molecule has 1 aromatic rings. The van der Waals surface area contributed by atoms with E-state index in [9.17, 15) is 9.50 Å². The van der Waals surface area contributed by atoms with Crippen molar-refractivity contribution in [1.82, 2.24) is 0 Å². The van der Waals surface area contributed by atoms with E-state index >= 15 is 0 Å². The van der Waals surface area contributed by atoms with E-state index in [4.69, 9.17) is 0 Å². The minimum Gasteiger partial charge on any atom is -0.393 e. The van der Waals surface area contributed by atoms with Crippen LogP contribution in [0.15, 0.2) is 24.3 Å². The highest BCUT2D eigenvalue weighted by Crippen LogP contribution is 2.40. The molecule has 0 unspecified atom stereocenters. The first kappa shape index (κ1) is 9.66. The molecular formula is C12H14FO. The van der Waals surface area contributed by atoms with Gasteiger partial charge >= 0.3 is 0 Å². The number of halogens is 1. The van der Waals surface area contributed by atoms with Crippen LogP contribution in [0.4, 0.5) is 4.39 Å². The van der Waals surface area contributed by atoms with E-state index in [1.807, 2.05) is 0 Å². The number of aliphatic hydroxyl groups is 1. The fourth-order valence-corrected chi connectivity index (χ4v) is 2.03. The smallest absolute Gasteiger partial charge is 0.136 e. The number of rotatable bonds is 1. The Balaban J connectivity index is 2.17. The lowest BCUT2D eigenvalue weighted by Crippen LogP contribution is -2.29. The molecule has 2 rings (SSSR count). The highest BCUT2D eigenvalue weighted by Gasteiger charge is 2.36. The van der Waals surface area contributed by atoms with E-state index in [0.29, 0.717) is 25.7 Å². The Bertz CT molecular complexity index is 288. The molecule has 0 aliphatic heterocycles. The summed E-state index contributed by atoms with van der Waals surface area (Å²) in [6.07, 6.45) is 1.68. The van der Waals surface area contributed by atoms with Gasteiger partial charge in [-0.1, -0.05) is 24.3 Å². The number of benzene rings is 1. The topological polar surface area (TPSA) is 20.2 Å². The van der Waals surface area contributed by atoms with Gasteiger partial charge in [0.05, 0.1) is 6.10 Å². The van der Waals surface area contributed by atoms with Crippen molar-refractivity contribution in [3.8, 4) is 0 Å². The molecule has 1 saturated carbocycles. The van der Waals surface area contributed by atoms with Crippen LogP contribution in [0.1, 0.15) is 31.2 Å². The van der Waals surface area contributed by atoms with E-state index in [1.54, 1.807) is 24.3 Å². The van der Waals surface area contributed by atoms with E-state index in [-0.39, 0.29) is 6.10 Å². The molecule has 0 heterocycles.